The van der Waals surface area contributed by atoms with Crippen LogP contribution in [0.1, 0.15) is 34.9 Å². The first kappa shape index (κ1) is 21.3. The number of nitrogens with zero attached hydrogens (tertiary/aromatic N) is 2. The summed E-state index contributed by atoms with van der Waals surface area (Å²) in [6, 6.07) is 15.9. The van der Waals surface area contributed by atoms with Crippen LogP contribution in [0, 0.1) is 0 Å². The maximum atomic E-state index is 12.8. The maximum Gasteiger partial charge on any atom is 0.270 e. The number of nitrogens with one attached hydrogen (secondary N) is 1. The molecule has 7 heteroatoms. The van der Waals surface area contributed by atoms with E-state index in [0.717, 1.165) is 35.2 Å². The van der Waals surface area contributed by atoms with Gasteiger partial charge >= 0.3 is 0 Å². The zero-order valence-corrected chi connectivity index (χ0v) is 18.7. The first-order valence-electron chi connectivity index (χ1n) is 10.4. The van der Waals surface area contributed by atoms with Crippen LogP contribution in [0.15, 0.2) is 53.9 Å². The number of amides is 1. The third-order valence-electron chi connectivity index (χ3n) is 5.61. The fraction of sp³-hybridized carbons (Fsp3) is 0.333. The molecule has 0 radical (unpaired) electrons. The van der Waals surface area contributed by atoms with E-state index in [0.29, 0.717) is 12.2 Å². The van der Waals surface area contributed by atoms with Gasteiger partial charge in [-0.05, 0) is 67.9 Å². The van der Waals surface area contributed by atoms with Crippen molar-refractivity contribution in [3.8, 4) is 22.1 Å². The molecular formula is C24H27N3O3S. The lowest BCUT2D eigenvalue weighted by Gasteiger charge is -2.28. The van der Waals surface area contributed by atoms with Crippen LogP contribution in [0.3, 0.4) is 0 Å². The highest BCUT2D eigenvalue weighted by Crippen LogP contribution is 2.28. The highest BCUT2D eigenvalue weighted by atomic mass is 32.1. The second-order valence-electron chi connectivity index (χ2n) is 7.51. The fourth-order valence-corrected chi connectivity index (χ4v) is 4.67. The molecule has 1 unspecified atom stereocenters. The van der Waals surface area contributed by atoms with Gasteiger partial charge in [0.1, 0.15) is 22.2 Å². The lowest BCUT2D eigenvalue weighted by Crippen LogP contribution is -2.36. The van der Waals surface area contributed by atoms with Crippen molar-refractivity contribution in [3.63, 3.8) is 0 Å². The van der Waals surface area contributed by atoms with Gasteiger partial charge in [-0.2, -0.15) is 0 Å². The lowest BCUT2D eigenvalue weighted by atomic mass is 10.1. The SMILES string of the molecule is COc1ccc(-c2nc(C(=O)NCC(c3ccc(OC)cc3)N3CCCC3)cs2)cc1. The van der Waals surface area contributed by atoms with Gasteiger partial charge in [-0.1, -0.05) is 12.1 Å². The molecule has 1 N–H and O–H groups in total. The largest absolute Gasteiger partial charge is 0.497 e. The Balaban J connectivity index is 1.44. The van der Waals surface area contributed by atoms with Crippen LogP contribution in [0.25, 0.3) is 10.6 Å². The molecule has 2 aromatic carbocycles. The van der Waals surface area contributed by atoms with Gasteiger partial charge < -0.3 is 14.8 Å². The van der Waals surface area contributed by atoms with Gasteiger partial charge in [-0.15, -0.1) is 11.3 Å². The Labute approximate surface area is 186 Å². The standard InChI is InChI=1S/C24H27N3O3S/c1-29-19-9-5-17(6-10-19)22(27-13-3-4-14-27)15-25-23(28)21-16-31-24(26-21)18-7-11-20(30-2)12-8-18/h5-12,16,22H,3-4,13-15H2,1-2H3,(H,25,28). The molecule has 0 aliphatic carbocycles. The number of rotatable bonds is 8. The maximum absolute atomic E-state index is 12.8. The van der Waals surface area contributed by atoms with Crippen molar-refractivity contribution < 1.29 is 14.3 Å². The van der Waals surface area contributed by atoms with Crippen LogP contribution in [0.4, 0.5) is 0 Å². The van der Waals surface area contributed by atoms with Crippen molar-refractivity contribution in [2.75, 3.05) is 33.9 Å². The Bertz CT molecular complexity index is 996. The van der Waals surface area contributed by atoms with E-state index in [9.17, 15) is 4.79 Å². The van der Waals surface area contributed by atoms with Crippen LogP contribution in [-0.4, -0.2) is 49.6 Å². The van der Waals surface area contributed by atoms with Crippen molar-refractivity contribution in [2.24, 2.45) is 0 Å². The van der Waals surface area contributed by atoms with Crippen LogP contribution in [0.5, 0.6) is 11.5 Å². The lowest BCUT2D eigenvalue weighted by molar-refractivity contribution is 0.0933. The molecule has 3 aromatic rings. The highest BCUT2D eigenvalue weighted by molar-refractivity contribution is 7.13. The molecule has 0 spiro atoms. The van der Waals surface area contributed by atoms with Crippen LogP contribution in [0.2, 0.25) is 0 Å². The number of aromatic nitrogens is 1. The number of thiazole rings is 1. The van der Waals surface area contributed by atoms with Gasteiger partial charge in [0.05, 0.1) is 20.3 Å². The second-order valence-corrected chi connectivity index (χ2v) is 8.37. The molecule has 31 heavy (non-hydrogen) atoms. The zero-order chi connectivity index (χ0) is 21.6. The average Bonchev–Trinajstić information content (AvgIpc) is 3.52. The van der Waals surface area contributed by atoms with Crippen molar-refractivity contribution in [1.82, 2.24) is 15.2 Å². The summed E-state index contributed by atoms with van der Waals surface area (Å²) in [5.41, 5.74) is 2.60. The van der Waals surface area contributed by atoms with Crippen molar-refractivity contribution >= 4 is 17.2 Å². The van der Waals surface area contributed by atoms with E-state index in [-0.39, 0.29) is 11.9 Å². The van der Waals surface area contributed by atoms with Gasteiger partial charge in [0.2, 0.25) is 0 Å². The summed E-state index contributed by atoms with van der Waals surface area (Å²) in [7, 11) is 3.31. The van der Waals surface area contributed by atoms with Crippen LogP contribution >= 0.6 is 11.3 Å². The fourth-order valence-electron chi connectivity index (χ4n) is 3.86. The molecule has 1 aliphatic rings. The van der Waals surface area contributed by atoms with E-state index in [1.54, 1.807) is 14.2 Å². The smallest absolute Gasteiger partial charge is 0.270 e. The average molecular weight is 438 g/mol. The summed E-state index contributed by atoms with van der Waals surface area (Å²) < 4.78 is 10.5. The Morgan fingerprint density at radius 1 is 1.03 bits per heavy atom. The molecule has 1 saturated heterocycles. The van der Waals surface area contributed by atoms with Crippen molar-refractivity contribution in [1.29, 1.82) is 0 Å². The number of hydrogen-bond acceptors (Lipinski definition) is 6. The van der Waals surface area contributed by atoms with Gasteiger partial charge in [0, 0.05) is 17.5 Å². The number of ether oxygens (including phenoxy) is 2. The summed E-state index contributed by atoms with van der Waals surface area (Å²) in [5.74, 6) is 1.49. The summed E-state index contributed by atoms with van der Waals surface area (Å²) in [4.78, 5) is 19.8. The molecule has 0 bridgehead atoms. The van der Waals surface area contributed by atoms with E-state index in [2.05, 4.69) is 27.3 Å². The first-order chi connectivity index (χ1) is 15.2. The molecule has 4 rings (SSSR count). The van der Waals surface area contributed by atoms with E-state index in [1.807, 2.05) is 41.8 Å². The Kier molecular flexibility index (Phi) is 6.84. The Morgan fingerprint density at radius 3 is 2.26 bits per heavy atom. The summed E-state index contributed by atoms with van der Waals surface area (Å²) in [6.07, 6.45) is 2.38. The quantitative estimate of drug-likeness (QED) is 0.566. The molecular weight excluding hydrogens is 410 g/mol. The molecule has 1 aromatic heterocycles. The van der Waals surface area contributed by atoms with E-state index in [4.69, 9.17) is 9.47 Å². The molecule has 1 amide bonds. The van der Waals surface area contributed by atoms with E-state index < -0.39 is 0 Å². The molecule has 1 fully saturated rings. The summed E-state index contributed by atoms with van der Waals surface area (Å²) >= 11 is 1.47. The van der Waals surface area contributed by atoms with E-state index >= 15 is 0 Å². The number of benzene rings is 2. The minimum Gasteiger partial charge on any atom is -0.497 e. The number of carbonyl (C=O) groups excluding carboxylic acids is 1. The highest BCUT2D eigenvalue weighted by Gasteiger charge is 2.24. The number of carbonyl (C=O) groups is 1. The zero-order valence-electron chi connectivity index (χ0n) is 17.8. The summed E-state index contributed by atoms with van der Waals surface area (Å²) in [6.45, 7) is 2.64. The first-order valence-corrected chi connectivity index (χ1v) is 11.3. The van der Waals surface area contributed by atoms with Crippen LogP contribution in [-0.2, 0) is 0 Å². The second kappa shape index (κ2) is 9.94. The number of hydrogen-bond donors (Lipinski definition) is 1. The summed E-state index contributed by atoms with van der Waals surface area (Å²) in [5, 5.41) is 5.73. The van der Waals surface area contributed by atoms with Gasteiger partial charge in [0.15, 0.2) is 0 Å². The van der Waals surface area contributed by atoms with Crippen molar-refractivity contribution in [3.05, 3.63) is 65.2 Å². The van der Waals surface area contributed by atoms with Crippen molar-refractivity contribution in [2.45, 2.75) is 18.9 Å². The molecule has 2 heterocycles. The monoisotopic (exact) mass is 437 g/mol. The number of methoxy groups -OCH3 is 2. The molecule has 1 atom stereocenters. The minimum absolute atomic E-state index is 0.136. The van der Waals surface area contributed by atoms with Gasteiger partial charge in [0.25, 0.3) is 5.91 Å². The Hall–Kier alpha value is -2.90. The molecule has 6 nitrogen and oxygen atoms in total. The predicted octanol–water partition coefficient (Wildman–Crippen LogP) is 4.39. The third kappa shape index (κ3) is 5.06. The van der Waals surface area contributed by atoms with Gasteiger partial charge in [-0.25, -0.2) is 4.98 Å². The molecule has 1 aliphatic heterocycles. The molecule has 0 saturated carbocycles. The van der Waals surface area contributed by atoms with Gasteiger partial charge in [-0.3, -0.25) is 9.69 Å². The minimum atomic E-state index is -0.145. The third-order valence-corrected chi connectivity index (χ3v) is 6.50. The number of likely N-dealkylation sites (tertiary alicyclic amines) is 1. The van der Waals surface area contributed by atoms with Crippen LogP contribution < -0.4 is 14.8 Å². The Morgan fingerprint density at radius 2 is 1.65 bits per heavy atom. The normalized spacial score (nSPS) is 14.9. The molecule has 162 valence electrons. The predicted molar refractivity (Wildman–Crippen MR) is 123 cm³/mol. The topological polar surface area (TPSA) is 63.7 Å². The van der Waals surface area contributed by atoms with E-state index in [1.165, 1.54) is 29.7 Å².